The topological polar surface area (TPSA) is 53.7 Å². The van der Waals surface area contributed by atoms with Crippen LogP contribution in [0.5, 0.6) is 5.75 Å². The smallest absolute Gasteiger partial charge is 0.341 e. The Kier molecular flexibility index (Phi) is 2.19. The molecule has 1 aliphatic rings. The summed E-state index contributed by atoms with van der Waals surface area (Å²) in [5, 5.41) is 10.3. The van der Waals surface area contributed by atoms with Gasteiger partial charge in [-0.3, -0.25) is 0 Å². The molecule has 0 amide bonds. The molecule has 0 saturated heterocycles. The molecule has 0 atom stereocenters. The summed E-state index contributed by atoms with van der Waals surface area (Å²) in [6.45, 7) is 1.57. The standard InChI is InChI=1S/C13H13NO3/c1-14-5-4-9-10-3-2-8(15)6-12(10)17-13(16)11(9)7-14/h2-3,6,15H,4-5,7H2,1H3. The van der Waals surface area contributed by atoms with Gasteiger partial charge in [0.05, 0.1) is 5.56 Å². The Morgan fingerprint density at radius 3 is 3.00 bits per heavy atom. The van der Waals surface area contributed by atoms with E-state index in [0.29, 0.717) is 12.1 Å². The van der Waals surface area contributed by atoms with Crippen LogP contribution in [-0.4, -0.2) is 23.6 Å². The van der Waals surface area contributed by atoms with Crippen molar-refractivity contribution in [2.75, 3.05) is 13.6 Å². The summed E-state index contributed by atoms with van der Waals surface area (Å²) < 4.78 is 5.25. The first-order valence-corrected chi connectivity index (χ1v) is 5.61. The van der Waals surface area contributed by atoms with Gasteiger partial charge >= 0.3 is 5.63 Å². The SMILES string of the molecule is CN1CCc2c(c(=O)oc3cc(O)ccc23)C1. The van der Waals surface area contributed by atoms with Crippen LogP contribution in [0.2, 0.25) is 0 Å². The van der Waals surface area contributed by atoms with E-state index in [1.54, 1.807) is 6.07 Å². The molecule has 1 aromatic carbocycles. The quantitative estimate of drug-likeness (QED) is 0.698. The van der Waals surface area contributed by atoms with Gasteiger partial charge in [-0.15, -0.1) is 0 Å². The van der Waals surface area contributed by atoms with E-state index in [4.69, 9.17) is 4.42 Å². The van der Waals surface area contributed by atoms with Crippen molar-refractivity contribution >= 4 is 11.0 Å². The molecule has 0 bridgehead atoms. The Balaban J connectivity index is 2.35. The highest BCUT2D eigenvalue weighted by Crippen LogP contribution is 2.26. The van der Waals surface area contributed by atoms with E-state index in [0.717, 1.165) is 29.5 Å². The molecule has 0 fully saturated rings. The van der Waals surface area contributed by atoms with Crippen LogP contribution < -0.4 is 5.63 Å². The summed E-state index contributed by atoms with van der Waals surface area (Å²) in [6, 6.07) is 4.94. The zero-order valence-electron chi connectivity index (χ0n) is 9.56. The van der Waals surface area contributed by atoms with Gasteiger partial charge in [-0.05, 0) is 31.2 Å². The third-order valence-electron chi connectivity index (χ3n) is 3.28. The average Bonchev–Trinajstić information content (AvgIpc) is 2.29. The molecule has 1 N–H and O–H groups in total. The van der Waals surface area contributed by atoms with Crippen molar-refractivity contribution in [3.63, 3.8) is 0 Å². The first kappa shape index (κ1) is 10.4. The highest BCUT2D eigenvalue weighted by Gasteiger charge is 2.20. The third kappa shape index (κ3) is 1.61. The molecule has 0 spiro atoms. The van der Waals surface area contributed by atoms with Gasteiger partial charge in [0.15, 0.2) is 0 Å². The van der Waals surface area contributed by atoms with Crippen LogP contribution in [0, 0.1) is 0 Å². The van der Waals surface area contributed by atoms with Crippen molar-refractivity contribution in [2.45, 2.75) is 13.0 Å². The predicted molar refractivity (Wildman–Crippen MR) is 64.2 cm³/mol. The molecule has 0 unspecified atom stereocenters. The van der Waals surface area contributed by atoms with E-state index in [9.17, 15) is 9.90 Å². The second-order valence-electron chi connectivity index (χ2n) is 4.51. The van der Waals surface area contributed by atoms with Crippen molar-refractivity contribution < 1.29 is 9.52 Å². The van der Waals surface area contributed by atoms with Crippen molar-refractivity contribution in [1.82, 2.24) is 4.90 Å². The van der Waals surface area contributed by atoms with Crippen LogP contribution >= 0.6 is 0 Å². The van der Waals surface area contributed by atoms with Crippen LogP contribution in [0.1, 0.15) is 11.1 Å². The number of aromatic hydroxyl groups is 1. The Morgan fingerprint density at radius 2 is 2.18 bits per heavy atom. The van der Waals surface area contributed by atoms with Gasteiger partial charge in [0, 0.05) is 24.5 Å². The lowest BCUT2D eigenvalue weighted by Gasteiger charge is -2.24. The summed E-state index contributed by atoms with van der Waals surface area (Å²) >= 11 is 0. The van der Waals surface area contributed by atoms with Gasteiger partial charge in [0.1, 0.15) is 11.3 Å². The van der Waals surface area contributed by atoms with Crippen LogP contribution in [0.15, 0.2) is 27.4 Å². The number of likely N-dealkylation sites (N-methyl/N-ethyl adjacent to an activating group) is 1. The molecule has 0 radical (unpaired) electrons. The first-order valence-electron chi connectivity index (χ1n) is 5.61. The van der Waals surface area contributed by atoms with E-state index in [2.05, 4.69) is 4.90 Å². The van der Waals surface area contributed by atoms with Crippen molar-refractivity contribution in [3.8, 4) is 5.75 Å². The fourth-order valence-electron chi connectivity index (χ4n) is 2.39. The first-order chi connectivity index (χ1) is 8.15. The molecule has 0 saturated carbocycles. The molecule has 0 aliphatic carbocycles. The van der Waals surface area contributed by atoms with Gasteiger partial charge < -0.3 is 14.4 Å². The number of nitrogens with zero attached hydrogens (tertiary/aromatic N) is 1. The molecule has 1 aromatic heterocycles. The van der Waals surface area contributed by atoms with Crippen molar-refractivity contribution in [2.24, 2.45) is 0 Å². The lowest BCUT2D eigenvalue weighted by Crippen LogP contribution is -2.31. The Labute approximate surface area is 98.1 Å². The minimum absolute atomic E-state index is 0.119. The molecule has 17 heavy (non-hydrogen) atoms. The number of hydrogen-bond donors (Lipinski definition) is 1. The monoisotopic (exact) mass is 231 g/mol. The Morgan fingerprint density at radius 1 is 1.35 bits per heavy atom. The number of hydrogen-bond acceptors (Lipinski definition) is 4. The van der Waals surface area contributed by atoms with E-state index in [-0.39, 0.29) is 11.4 Å². The zero-order valence-corrected chi connectivity index (χ0v) is 9.56. The molecule has 88 valence electrons. The van der Waals surface area contributed by atoms with E-state index < -0.39 is 0 Å². The second kappa shape index (κ2) is 3.60. The summed E-state index contributed by atoms with van der Waals surface area (Å²) in [6.07, 6.45) is 0.846. The van der Waals surface area contributed by atoms with Gasteiger partial charge in [0.25, 0.3) is 0 Å². The molecule has 1 aliphatic heterocycles. The molecule has 2 heterocycles. The molecule has 2 aromatic rings. The fourth-order valence-corrected chi connectivity index (χ4v) is 2.39. The van der Waals surface area contributed by atoms with Crippen molar-refractivity contribution in [1.29, 1.82) is 0 Å². The number of rotatable bonds is 0. The van der Waals surface area contributed by atoms with Gasteiger partial charge in [0.2, 0.25) is 0 Å². The summed E-state index contributed by atoms with van der Waals surface area (Å²) in [4.78, 5) is 14.0. The minimum atomic E-state index is -0.287. The average molecular weight is 231 g/mol. The van der Waals surface area contributed by atoms with E-state index in [1.807, 2.05) is 13.1 Å². The largest absolute Gasteiger partial charge is 0.508 e. The lowest BCUT2D eigenvalue weighted by atomic mass is 9.98. The van der Waals surface area contributed by atoms with Crippen LogP contribution in [0.3, 0.4) is 0 Å². The van der Waals surface area contributed by atoms with E-state index >= 15 is 0 Å². The molecule has 4 nitrogen and oxygen atoms in total. The number of phenolic OH excluding ortho intramolecular Hbond substituents is 1. The van der Waals surface area contributed by atoms with Gasteiger partial charge in [-0.25, -0.2) is 4.79 Å². The zero-order chi connectivity index (χ0) is 12.0. The molecular weight excluding hydrogens is 218 g/mol. The van der Waals surface area contributed by atoms with Crippen molar-refractivity contribution in [3.05, 3.63) is 39.7 Å². The number of phenols is 1. The highest BCUT2D eigenvalue weighted by atomic mass is 16.4. The second-order valence-corrected chi connectivity index (χ2v) is 4.51. The van der Waals surface area contributed by atoms with Gasteiger partial charge in [-0.2, -0.15) is 0 Å². The van der Waals surface area contributed by atoms with Gasteiger partial charge in [-0.1, -0.05) is 0 Å². The maximum Gasteiger partial charge on any atom is 0.341 e. The Hall–Kier alpha value is -1.81. The van der Waals surface area contributed by atoms with E-state index in [1.165, 1.54) is 6.07 Å². The number of fused-ring (bicyclic) bond motifs is 3. The summed E-state index contributed by atoms with van der Waals surface area (Å²) in [7, 11) is 1.99. The lowest BCUT2D eigenvalue weighted by molar-refractivity contribution is 0.306. The molecule has 4 heteroatoms. The summed E-state index contributed by atoms with van der Waals surface area (Å²) in [5.41, 5.74) is 1.99. The normalized spacial score (nSPS) is 16.1. The Bertz CT molecular complexity index is 645. The maximum absolute atomic E-state index is 11.9. The maximum atomic E-state index is 11.9. The third-order valence-corrected chi connectivity index (χ3v) is 3.28. The van der Waals surface area contributed by atoms with Crippen LogP contribution in [-0.2, 0) is 13.0 Å². The highest BCUT2D eigenvalue weighted by molar-refractivity contribution is 5.82. The predicted octanol–water partition coefficient (Wildman–Crippen LogP) is 1.49. The van der Waals surface area contributed by atoms with Crippen LogP contribution in [0.4, 0.5) is 0 Å². The molecule has 3 rings (SSSR count). The fraction of sp³-hybridized carbons (Fsp3) is 0.308. The summed E-state index contributed by atoms with van der Waals surface area (Å²) in [5.74, 6) is 0.119. The minimum Gasteiger partial charge on any atom is -0.508 e. The number of benzene rings is 1. The molecular formula is C13H13NO3. The van der Waals surface area contributed by atoms with Crippen LogP contribution in [0.25, 0.3) is 11.0 Å².